The molecule has 126 valence electrons. The van der Waals surface area contributed by atoms with E-state index in [1.807, 2.05) is 30.3 Å². The largest absolute Gasteiger partial charge is 0.465 e. The first kappa shape index (κ1) is 17.1. The topological polar surface area (TPSA) is 108 Å². The zero-order valence-corrected chi connectivity index (χ0v) is 13.0. The maximum Gasteiger partial charge on any atom is 0.407 e. The number of hydrogen-bond donors (Lipinski definition) is 4. The van der Waals surface area contributed by atoms with Gasteiger partial charge >= 0.3 is 12.2 Å². The second-order valence-corrected chi connectivity index (χ2v) is 6.11. The number of hydrogen-bond acceptors (Lipinski definition) is 4. The minimum Gasteiger partial charge on any atom is -0.465 e. The molecule has 1 aliphatic rings. The molecular formula is C16H22N2O5. The van der Waals surface area contributed by atoms with E-state index in [4.69, 9.17) is 9.84 Å². The highest BCUT2D eigenvalue weighted by Crippen LogP contribution is 2.28. The number of benzene rings is 1. The van der Waals surface area contributed by atoms with Gasteiger partial charge < -0.3 is 25.6 Å². The molecule has 0 radical (unpaired) electrons. The van der Waals surface area contributed by atoms with E-state index < -0.39 is 29.9 Å². The summed E-state index contributed by atoms with van der Waals surface area (Å²) in [5.74, 6) is 0. The Morgan fingerprint density at radius 3 is 2.61 bits per heavy atom. The third-order valence-corrected chi connectivity index (χ3v) is 3.96. The minimum atomic E-state index is -1.18. The molecule has 1 aromatic carbocycles. The van der Waals surface area contributed by atoms with E-state index in [0.717, 1.165) is 5.56 Å². The van der Waals surface area contributed by atoms with Crippen molar-refractivity contribution in [2.45, 2.75) is 50.5 Å². The van der Waals surface area contributed by atoms with Gasteiger partial charge in [0, 0.05) is 0 Å². The van der Waals surface area contributed by atoms with Gasteiger partial charge in [0.25, 0.3) is 0 Å². The molecule has 1 aliphatic carbocycles. The van der Waals surface area contributed by atoms with E-state index in [1.54, 1.807) is 6.92 Å². The van der Waals surface area contributed by atoms with Gasteiger partial charge in [0.1, 0.15) is 6.61 Å². The average Bonchev–Trinajstić information content (AvgIpc) is 2.48. The summed E-state index contributed by atoms with van der Waals surface area (Å²) in [5, 5.41) is 24.0. The van der Waals surface area contributed by atoms with Crippen LogP contribution in [0.5, 0.6) is 0 Å². The van der Waals surface area contributed by atoms with Gasteiger partial charge in [-0.15, -0.1) is 0 Å². The molecule has 0 aliphatic heterocycles. The van der Waals surface area contributed by atoms with Crippen molar-refractivity contribution >= 4 is 12.2 Å². The van der Waals surface area contributed by atoms with Gasteiger partial charge in [-0.05, 0) is 31.7 Å². The van der Waals surface area contributed by atoms with Gasteiger partial charge in [-0.25, -0.2) is 9.59 Å². The maximum absolute atomic E-state index is 11.9. The highest BCUT2D eigenvalue weighted by molar-refractivity contribution is 5.68. The van der Waals surface area contributed by atoms with Crippen LogP contribution in [0.4, 0.5) is 9.59 Å². The van der Waals surface area contributed by atoms with Crippen LogP contribution in [0, 0.1) is 0 Å². The number of carboxylic acid groups (broad SMARTS) is 1. The fourth-order valence-corrected chi connectivity index (χ4v) is 2.78. The molecule has 2 rings (SSSR count). The van der Waals surface area contributed by atoms with E-state index >= 15 is 0 Å². The zero-order valence-electron chi connectivity index (χ0n) is 13.0. The molecule has 0 spiro atoms. The SMILES string of the molecule is CC1(O)CCC(NC(=O)OCc2ccccc2)C(NC(=O)O)C1. The van der Waals surface area contributed by atoms with Gasteiger partial charge in [0.15, 0.2) is 0 Å². The Morgan fingerprint density at radius 2 is 1.96 bits per heavy atom. The summed E-state index contributed by atoms with van der Waals surface area (Å²) in [7, 11) is 0. The first-order chi connectivity index (χ1) is 10.9. The van der Waals surface area contributed by atoms with Crippen molar-refractivity contribution in [1.29, 1.82) is 0 Å². The van der Waals surface area contributed by atoms with E-state index in [-0.39, 0.29) is 13.0 Å². The lowest BCUT2D eigenvalue weighted by Gasteiger charge is -2.39. The van der Waals surface area contributed by atoms with Gasteiger partial charge in [0.2, 0.25) is 0 Å². The Kier molecular flexibility index (Phi) is 5.44. The van der Waals surface area contributed by atoms with Crippen LogP contribution in [0.15, 0.2) is 30.3 Å². The molecule has 0 bridgehead atoms. The molecule has 4 N–H and O–H groups in total. The zero-order chi connectivity index (χ0) is 16.9. The summed E-state index contributed by atoms with van der Waals surface area (Å²) < 4.78 is 5.15. The number of alkyl carbamates (subject to hydrolysis) is 1. The normalized spacial score (nSPS) is 27.0. The van der Waals surface area contributed by atoms with Crippen molar-refractivity contribution in [3.05, 3.63) is 35.9 Å². The van der Waals surface area contributed by atoms with Crippen LogP contribution in [0.3, 0.4) is 0 Å². The highest BCUT2D eigenvalue weighted by Gasteiger charge is 2.38. The number of rotatable bonds is 4. The average molecular weight is 322 g/mol. The van der Waals surface area contributed by atoms with E-state index in [1.165, 1.54) is 0 Å². The third-order valence-electron chi connectivity index (χ3n) is 3.96. The van der Waals surface area contributed by atoms with Gasteiger partial charge in [-0.1, -0.05) is 30.3 Å². The van der Waals surface area contributed by atoms with Crippen LogP contribution in [0.25, 0.3) is 0 Å². The van der Waals surface area contributed by atoms with Crippen LogP contribution in [-0.4, -0.2) is 40.1 Å². The first-order valence-corrected chi connectivity index (χ1v) is 7.55. The van der Waals surface area contributed by atoms with Gasteiger partial charge in [-0.3, -0.25) is 0 Å². The summed E-state index contributed by atoms with van der Waals surface area (Å²) in [6.45, 7) is 1.81. The molecular weight excluding hydrogens is 300 g/mol. The van der Waals surface area contributed by atoms with Crippen LogP contribution in [-0.2, 0) is 11.3 Å². The van der Waals surface area contributed by atoms with Crippen molar-refractivity contribution in [3.63, 3.8) is 0 Å². The molecule has 3 atom stereocenters. The second kappa shape index (κ2) is 7.32. The van der Waals surface area contributed by atoms with Crippen LogP contribution in [0.1, 0.15) is 31.7 Å². The molecule has 0 saturated heterocycles. The Bertz CT molecular complexity index is 547. The van der Waals surface area contributed by atoms with Crippen molar-refractivity contribution in [2.24, 2.45) is 0 Å². The Hall–Kier alpha value is -2.28. The number of nitrogens with one attached hydrogen (secondary N) is 2. The Morgan fingerprint density at radius 1 is 1.26 bits per heavy atom. The molecule has 1 aromatic rings. The minimum absolute atomic E-state index is 0.147. The number of carbonyl (C=O) groups excluding carboxylic acids is 1. The maximum atomic E-state index is 11.9. The van der Waals surface area contributed by atoms with Crippen molar-refractivity contribution in [2.75, 3.05) is 0 Å². The number of ether oxygens (including phenoxy) is 1. The van der Waals surface area contributed by atoms with E-state index in [9.17, 15) is 14.7 Å². The lowest BCUT2D eigenvalue weighted by molar-refractivity contribution is 0.000198. The summed E-state index contributed by atoms with van der Waals surface area (Å²) in [4.78, 5) is 22.8. The van der Waals surface area contributed by atoms with Gasteiger partial charge in [0.05, 0.1) is 17.7 Å². The number of carbonyl (C=O) groups is 2. The Labute approximate surface area is 134 Å². The fraction of sp³-hybridized carbons (Fsp3) is 0.500. The number of amides is 2. The summed E-state index contributed by atoms with van der Waals surface area (Å²) in [6, 6.07) is 8.31. The van der Waals surface area contributed by atoms with Crippen molar-refractivity contribution < 1.29 is 24.5 Å². The van der Waals surface area contributed by atoms with E-state index in [2.05, 4.69) is 10.6 Å². The van der Waals surface area contributed by atoms with Crippen LogP contribution in [0.2, 0.25) is 0 Å². The molecule has 0 heterocycles. The summed E-state index contributed by atoms with van der Waals surface area (Å²) in [5.41, 5.74) is -0.0753. The van der Waals surface area contributed by atoms with Crippen LogP contribution < -0.4 is 10.6 Å². The standard InChI is InChI=1S/C16H22N2O5/c1-16(22)8-7-12(13(9-16)17-14(19)20)18-15(21)23-10-11-5-3-2-4-6-11/h2-6,12-13,17,22H,7-10H2,1H3,(H,18,21)(H,19,20). The van der Waals surface area contributed by atoms with E-state index in [0.29, 0.717) is 12.8 Å². The van der Waals surface area contributed by atoms with Crippen molar-refractivity contribution in [1.82, 2.24) is 10.6 Å². The lowest BCUT2D eigenvalue weighted by Crippen LogP contribution is -2.57. The molecule has 7 heteroatoms. The molecule has 1 saturated carbocycles. The lowest BCUT2D eigenvalue weighted by atomic mass is 9.80. The molecule has 0 aromatic heterocycles. The quantitative estimate of drug-likeness (QED) is 0.676. The van der Waals surface area contributed by atoms with Crippen molar-refractivity contribution in [3.8, 4) is 0 Å². The predicted molar refractivity (Wildman–Crippen MR) is 83.0 cm³/mol. The first-order valence-electron chi connectivity index (χ1n) is 7.55. The smallest absolute Gasteiger partial charge is 0.407 e. The number of aliphatic hydroxyl groups is 1. The molecule has 7 nitrogen and oxygen atoms in total. The van der Waals surface area contributed by atoms with Gasteiger partial charge in [-0.2, -0.15) is 0 Å². The molecule has 3 unspecified atom stereocenters. The van der Waals surface area contributed by atoms with Crippen LogP contribution >= 0.6 is 0 Å². The highest BCUT2D eigenvalue weighted by atomic mass is 16.5. The molecule has 2 amide bonds. The monoisotopic (exact) mass is 322 g/mol. The third kappa shape index (κ3) is 5.45. The Balaban J connectivity index is 1.88. The second-order valence-electron chi connectivity index (χ2n) is 6.11. The molecule has 1 fully saturated rings. The summed E-state index contributed by atoms with van der Waals surface area (Å²) >= 11 is 0. The fourth-order valence-electron chi connectivity index (χ4n) is 2.78. The predicted octanol–water partition coefficient (Wildman–Crippen LogP) is 1.85. The summed E-state index contributed by atoms with van der Waals surface area (Å²) in [6.07, 6.45) is -0.592. The molecule has 23 heavy (non-hydrogen) atoms.